The summed E-state index contributed by atoms with van der Waals surface area (Å²) in [6, 6.07) is 6.08. The van der Waals surface area contributed by atoms with Gasteiger partial charge in [0.2, 0.25) is 0 Å². The molecule has 0 radical (unpaired) electrons. The van der Waals surface area contributed by atoms with E-state index in [4.69, 9.17) is 9.73 Å². The van der Waals surface area contributed by atoms with E-state index in [1.807, 2.05) is 18.3 Å². The number of rotatable bonds is 4. The number of halogens is 1. The molecule has 2 saturated heterocycles. The van der Waals surface area contributed by atoms with Gasteiger partial charge < -0.3 is 19.9 Å². The van der Waals surface area contributed by atoms with Crippen molar-refractivity contribution in [3.63, 3.8) is 0 Å². The summed E-state index contributed by atoms with van der Waals surface area (Å²) < 4.78 is 5.67. The van der Waals surface area contributed by atoms with Gasteiger partial charge >= 0.3 is 0 Å². The van der Waals surface area contributed by atoms with E-state index in [0.29, 0.717) is 6.10 Å². The van der Waals surface area contributed by atoms with Crippen LogP contribution in [-0.2, 0) is 4.74 Å². The number of ether oxygens (including phenoxy) is 1. The lowest BCUT2D eigenvalue weighted by molar-refractivity contribution is 0.117. The molecule has 0 aromatic carbocycles. The first-order chi connectivity index (χ1) is 11.4. The first kappa shape index (κ1) is 19.2. The fraction of sp³-hybridized carbons (Fsp3) is 0.647. The molecular formula is C17H28IN5O. The maximum absolute atomic E-state index is 5.67. The second-order valence-corrected chi connectivity index (χ2v) is 5.99. The topological polar surface area (TPSA) is 53.0 Å². The van der Waals surface area contributed by atoms with Gasteiger partial charge in [-0.3, -0.25) is 4.99 Å². The highest BCUT2D eigenvalue weighted by Gasteiger charge is 2.21. The van der Waals surface area contributed by atoms with Gasteiger partial charge in [-0.15, -0.1) is 24.0 Å². The molecule has 2 fully saturated rings. The molecule has 7 heteroatoms. The Morgan fingerprint density at radius 2 is 2.17 bits per heavy atom. The highest BCUT2D eigenvalue weighted by Crippen LogP contribution is 2.14. The average Bonchev–Trinajstić information content (AvgIpc) is 3.13. The van der Waals surface area contributed by atoms with Gasteiger partial charge in [0.15, 0.2) is 5.96 Å². The van der Waals surface area contributed by atoms with E-state index in [9.17, 15) is 0 Å². The van der Waals surface area contributed by atoms with Crippen LogP contribution in [0.4, 0.5) is 5.82 Å². The lowest BCUT2D eigenvalue weighted by atomic mass is 10.2. The highest BCUT2D eigenvalue weighted by molar-refractivity contribution is 14.0. The Balaban J connectivity index is 0.00000208. The Hall–Kier alpha value is -1.09. The van der Waals surface area contributed by atoms with E-state index in [0.717, 1.165) is 64.1 Å². The van der Waals surface area contributed by atoms with Crippen LogP contribution < -0.4 is 10.2 Å². The van der Waals surface area contributed by atoms with E-state index >= 15 is 0 Å². The summed E-state index contributed by atoms with van der Waals surface area (Å²) in [7, 11) is 0. The molecule has 24 heavy (non-hydrogen) atoms. The summed E-state index contributed by atoms with van der Waals surface area (Å²) in [6.45, 7) is 8.55. The molecule has 0 bridgehead atoms. The Labute approximate surface area is 161 Å². The fourth-order valence-corrected chi connectivity index (χ4v) is 3.09. The number of nitrogens with zero attached hydrogens (tertiary/aromatic N) is 4. The summed E-state index contributed by atoms with van der Waals surface area (Å²) in [5, 5.41) is 3.42. The van der Waals surface area contributed by atoms with Gasteiger partial charge in [0, 0.05) is 45.5 Å². The minimum absolute atomic E-state index is 0. The van der Waals surface area contributed by atoms with Gasteiger partial charge in [0.1, 0.15) is 5.82 Å². The van der Waals surface area contributed by atoms with E-state index in [1.165, 1.54) is 6.42 Å². The van der Waals surface area contributed by atoms with Crippen molar-refractivity contribution in [3.05, 3.63) is 24.4 Å². The largest absolute Gasteiger partial charge is 0.376 e. The van der Waals surface area contributed by atoms with Crippen LogP contribution in [0, 0.1) is 0 Å². The molecule has 1 aromatic rings. The molecule has 6 nitrogen and oxygen atoms in total. The molecule has 0 amide bonds. The molecule has 0 aliphatic carbocycles. The zero-order valence-corrected chi connectivity index (χ0v) is 16.7. The van der Waals surface area contributed by atoms with E-state index < -0.39 is 0 Å². The molecule has 2 aliphatic rings. The third-order valence-corrected chi connectivity index (χ3v) is 4.36. The summed E-state index contributed by atoms with van der Waals surface area (Å²) in [4.78, 5) is 13.9. The quantitative estimate of drug-likeness (QED) is 0.437. The van der Waals surface area contributed by atoms with Crippen molar-refractivity contribution in [2.75, 3.05) is 50.8 Å². The third kappa shape index (κ3) is 5.20. The van der Waals surface area contributed by atoms with Gasteiger partial charge in [-0.05, 0) is 31.9 Å². The standard InChI is InChI=1S/C17H27N5O.HI/c1-2-18-17(20-14-15-6-5-13-23-15)22-11-9-21(10-12-22)16-7-3-4-8-19-16;/h3-4,7-8,15H,2,5-6,9-14H2,1H3,(H,18,20);1H. The van der Waals surface area contributed by atoms with E-state index in [-0.39, 0.29) is 24.0 Å². The second-order valence-electron chi connectivity index (χ2n) is 5.99. The maximum atomic E-state index is 5.67. The first-order valence-corrected chi connectivity index (χ1v) is 8.67. The summed E-state index contributed by atoms with van der Waals surface area (Å²) in [6.07, 6.45) is 4.46. The van der Waals surface area contributed by atoms with Crippen molar-refractivity contribution in [1.29, 1.82) is 0 Å². The molecule has 134 valence electrons. The van der Waals surface area contributed by atoms with Crippen molar-refractivity contribution in [2.24, 2.45) is 4.99 Å². The van der Waals surface area contributed by atoms with Gasteiger partial charge in [-0.2, -0.15) is 0 Å². The lowest BCUT2D eigenvalue weighted by Crippen LogP contribution is -2.52. The smallest absolute Gasteiger partial charge is 0.194 e. The van der Waals surface area contributed by atoms with Crippen molar-refractivity contribution >= 4 is 35.8 Å². The van der Waals surface area contributed by atoms with Crippen LogP contribution >= 0.6 is 24.0 Å². The lowest BCUT2D eigenvalue weighted by Gasteiger charge is -2.37. The molecule has 1 N–H and O–H groups in total. The molecule has 0 spiro atoms. The number of aliphatic imine (C=N–C) groups is 1. The van der Waals surface area contributed by atoms with Crippen molar-refractivity contribution in [3.8, 4) is 0 Å². The van der Waals surface area contributed by atoms with Gasteiger partial charge in [0.05, 0.1) is 12.6 Å². The monoisotopic (exact) mass is 445 g/mol. The summed E-state index contributed by atoms with van der Waals surface area (Å²) in [5.74, 6) is 2.08. The van der Waals surface area contributed by atoms with Gasteiger partial charge in [-0.1, -0.05) is 6.07 Å². The minimum Gasteiger partial charge on any atom is -0.376 e. The second kappa shape index (κ2) is 10.0. The maximum Gasteiger partial charge on any atom is 0.194 e. The van der Waals surface area contributed by atoms with Crippen LogP contribution in [0.5, 0.6) is 0 Å². The Morgan fingerprint density at radius 1 is 1.33 bits per heavy atom. The fourth-order valence-electron chi connectivity index (χ4n) is 3.09. The van der Waals surface area contributed by atoms with Crippen LogP contribution in [-0.4, -0.2) is 67.8 Å². The van der Waals surface area contributed by atoms with Crippen LogP contribution in [0.3, 0.4) is 0 Å². The minimum atomic E-state index is 0. The highest BCUT2D eigenvalue weighted by atomic mass is 127. The van der Waals surface area contributed by atoms with Crippen molar-refractivity contribution in [2.45, 2.75) is 25.9 Å². The molecule has 3 heterocycles. The van der Waals surface area contributed by atoms with Crippen LogP contribution in [0.15, 0.2) is 29.4 Å². The number of pyridine rings is 1. The zero-order chi connectivity index (χ0) is 15.9. The van der Waals surface area contributed by atoms with Crippen LogP contribution in [0.2, 0.25) is 0 Å². The number of aromatic nitrogens is 1. The summed E-state index contributed by atoms with van der Waals surface area (Å²) >= 11 is 0. The number of hydrogen-bond donors (Lipinski definition) is 1. The van der Waals surface area contributed by atoms with Gasteiger partial charge in [0.25, 0.3) is 0 Å². The molecule has 3 rings (SSSR count). The Bertz CT molecular complexity index is 499. The van der Waals surface area contributed by atoms with E-state index in [1.54, 1.807) is 0 Å². The molecule has 0 saturated carbocycles. The van der Waals surface area contributed by atoms with Crippen molar-refractivity contribution in [1.82, 2.24) is 15.2 Å². The number of anilines is 1. The number of nitrogens with one attached hydrogen (secondary N) is 1. The number of guanidine groups is 1. The predicted octanol–water partition coefficient (Wildman–Crippen LogP) is 1.97. The molecule has 1 atom stereocenters. The van der Waals surface area contributed by atoms with Crippen LogP contribution in [0.1, 0.15) is 19.8 Å². The molecular weight excluding hydrogens is 417 g/mol. The predicted molar refractivity (Wildman–Crippen MR) is 108 cm³/mol. The Morgan fingerprint density at radius 3 is 2.79 bits per heavy atom. The van der Waals surface area contributed by atoms with Gasteiger partial charge in [-0.25, -0.2) is 4.98 Å². The molecule has 2 aliphatic heterocycles. The number of hydrogen-bond acceptors (Lipinski definition) is 4. The molecule has 1 unspecified atom stereocenters. The first-order valence-electron chi connectivity index (χ1n) is 8.67. The SMILES string of the molecule is CCNC(=NCC1CCCO1)N1CCN(c2ccccn2)CC1.I. The average molecular weight is 445 g/mol. The Kier molecular flexibility index (Phi) is 8.04. The summed E-state index contributed by atoms with van der Waals surface area (Å²) in [5.41, 5.74) is 0. The van der Waals surface area contributed by atoms with Crippen LogP contribution in [0.25, 0.3) is 0 Å². The zero-order valence-electron chi connectivity index (χ0n) is 14.4. The van der Waals surface area contributed by atoms with Crippen molar-refractivity contribution < 1.29 is 4.74 Å². The molecule has 1 aromatic heterocycles. The number of piperazine rings is 1. The van der Waals surface area contributed by atoms with E-state index in [2.05, 4.69) is 33.1 Å². The normalized spacial score (nSPS) is 21.5. The third-order valence-electron chi connectivity index (χ3n) is 4.36.